The lowest BCUT2D eigenvalue weighted by Gasteiger charge is -2.21. The first kappa shape index (κ1) is 16.0. The van der Waals surface area contributed by atoms with Gasteiger partial charge in [-0.2, -0.15) is 0 Å². The molecular formula is C13H16BrClN2O2. The highest BCUT2D eigenvalue weighted by atomic mass is 79.9. The molecule has 0 spiro atoms. The largest absolute Gasteiger partial charge is 0.358 e. The number of carbonyl (C=O) groups excluding carboxylic acids is 2. The molecule has 6 heteroatoms. The van der Waals surface area contributed by atoms with Crippen LogP contribution in [-0.4, -0.2) is 36.9 Å². The molecule has 1 aromatic rings. The zero-order valence-corrected chi connectivity index (χ0v) is 13.2. The van der Waals surface area contributed by atoms with Gasteiger partial charge in [0, 0.05) is 18.1 Å². The van der Waals surface area contributed by atoms with Gasteiger partial charge in [-0.1, -0.05) is 34.5 Å². The van der Waals surface area contributed by atoms with Gasteiger partial charge < -0.3 is 10.2 Å². The van der Waals surface area contributed by atoms with E-state index in [1.807, 2.05) is 6.92 Å². The Balaban J connectivity index is 2.98. The smallest absolute Gasteiger partial charge is 0.255 e. The molecule has 0 saturated heterocycles. The third-order valence-electron chi connectivity index (χ3n) is 2.55. The fourth-order valence-corrected chi connectivity index (χ4v) is 2.17. The summed E-state index contributed by atoms with van der Waals surface area (Å²) in [6.45, 7) is 2.49. The summed E-state index contributed by atoms with van der Waals surface area (Å²) in [5.41, 5.74) is 0.397. The number of benzene rings is 1. The molecular weight excluding hydrogens is 332 g/mol. The second kappa shape index (κ2) is 7.50. The van der Waals surface area contributed by atoms with Crippen molar-refractivity contribution in [3.8, 4) is 0 Å². The summed E-state index contributed by atoms with van der Waals surface area (Å²) in [6, 6.07) is 5.09. The number of likely N-dealkylation sites (N-methyl/N-ethyl adjacent to an activating group) is 1. The molecule has 0 saturated carbocycles. The molecule has 0 aliphatic carbocycles. The first-order valence-corrected chi connectivity index (χ1v) is 7.11. The highest BCUT2D eigenvalue weighted by Gasteiger charge is 2.20. The van der Waals surface area contributed by atoms with E-state index in [-0.39, 0.29) is 18.4 Å². The van der Waals surface area contributed by atoms with Gasteiger partial charge in [0.05, 0.1) is 17.1 Å². The molecule has 0 radical (unpaired) electrons. The average Bonchev–Trinajstić information content (AvgIpc) is 2.40. The lowest BCUT2D eigenvalue weighted by atomic mass is 10.2. The van der Waals surface area contributed by atoms with Crippen LogP contribution in [-0.2, 0) is 4.79 Å². The van der Waals surface area contributed by atoms with Crippen molar-refractivity contribution >= 4 is 39.3 Å². The van der Waals surface area contributed by atoms with Crippen molar-refractivity contribution in [1.29, 1.82) is 0 Å². The van der Waals surface area contributed by atoms with E-state index in [1.54, 1.807) is 25.2 Å². The average molecular weight is 348 g/mol. The minimum absolute atomic E-state index is 0.0337. The summed E-state index contributed by atoms with van der Waals surface area (Å²) in [6.07, 6.45) is 0.772. The van der Waals surface area contributed by atoms with Crippen molar-refractivity contribution in [1.82, 2.24) is 10.2 Å². The van der Waals surface area contributed by atoms with Gasteiger partial charge in [0.25, 0.3) is 5.91 Å². The summed E-state index contributed by atoms with van der Waals surface area (Å²) < 4.78 is 0.775. The Labute approximate surface area is 126 Å². The van der Waals surface area contributed by atoms with Crippen molar-refractivity contribution in [3.05, 3.63) is 33.3 Å². The SMILES string of the molecule is CCCN(CC(=O)NC)C(=O)c1cc(Br)ccc1Cl. The van der Waals surface area contributed by atoms with E-state index in [2.05, 4.69) is 21.2 Å². The second-order valence-electron chi connectivity index (χ2n) is 4.02. The van der Waals surface area contributed by atoms with Crippen molar-refractivity contribution in [2.45, 2.75) is 13.3 Å². The minimum Gasteiger partial charge on any atom is -0.358 e. The van der Waals surface area contributed by atoms with Crippen molar-refractivity contribution in [2.75, 3.05) is 20.1 Å². The fraction of sp³-hybridized carbons (Fsp3) is 0.385. The minimum atomic E-state index is -0.239. The van der Waals surface area contributed by atoms with Gasteiger partial charge in [-0.25, -0.2) is 0 Å². The lowest BCUT2D eigenvalue weighted by molar-refractivity contribution is -0.121. The molecule has 0 fully saturated rings. The number of nitrogens with zero attached hydrogens (tertiary/aromatic N) is 1. The Morgan fingerprint density at radius 1 is 1.42 bits per heavy atom. The highest BCUT2D eigenvalue weighted by molar-refractivity contribution is 9.10. The molecule has 1 N–H and O–H groups in total. The maximum absolute atomic E-state index is 12.4. The number of halogens is 2. The third kappa shape index (κ3) is 4.51. The topological polar surface area (TPSA) is 49.4 Å². The molecule has 19 heavy (non-hydrogen) atoms. The summed E-state index contributed by atoms with van der Waals surface area (Å²) in [5, 5.41) is 2.89. The molecule has 0 aromatic heterocycles. The maximum Gasteiger partial charge on any atom is 0.255 e. The zero-order chi connectivity index (χ0) is 14.4. The number of carbonyl (C=O) groups is 2. The van der Waals surface area contributed by atoms with Crippen LogP contribution in [0.15, 0.2) is 22.7 Å². The number of hydrogen-bond donors (Lipinski definition) is 1. The first-order chi connectivity index (χ1) is 8.99. The van der Waals surface area contributed by atoms with Crippen molar-refractivity contribution in [2.24, 2.45) is 0 Å². The van der Waals surface area contributed by atoms with E-state index in [1.165, 1.54) is 4.90 Å². The van der Waals surface area contributed by atoms with E-state index in [0.29, 0.717) is 17.1 Å². The predicted octanol–water partition coefficient (Wildman–Crippen LogP) is 2.70. The van der Waals surface area contributed by atoms with E-state index in [4.69, 9.17) is 11.6 Å². The van der Waals surface area contributed by atoms with Crippen LogP contribution >= 0.6 is 27.5 Å². The van der Waals surface area contributed by atoms with Crippen LogP contribution < -0.4 is 5.32 Å². The number of amides is 2. The summed E-state index contributed by atoms with van der Waals surface area (Å²) in [4.78, 5) is 25.3. The number of nitrogens with one attached hydrogen (secondary N) is 1. The van der Waals surface area contributed by atoms with Gasteiger partial charge in [-0.05, 0) is 24.6 Å². The molecule has 1 aromatic carbocycles. The number of rotatable bonds is 5. The van der Waals surface area contributed by atoms with E-state index in [0.717, 1.165) is 10.9 Å². The molecule has 0 aliphatic heterocycles. The fourth-order valence-electron chi connectivity index (χ4n) is 1.61. The molecule has 2 amide bonds. The Morgan fingerprint density at radius 2 is 2.11 bits per heavy atom. The lowest BCUT2D eigenvalue weighted by Crippen LogP contribution is -2.40. The molecule has 0 aliphatic rings. The second-order valence-corrected chi connectivity index (χ2v) is 5.35. The number of hydrogen-bond acceptors (Lipinski definition) is 2. The van der Waals surface area contributed by atoms with Gasteiger partial charge in [-0.3, -0.25) is 9.59 Å². The van der Waals surface area contributed by atoms with Crippen LogP contribution in [0.3, 0.4) is 0 Å². The first-order valence-electron chi connectivity index (χ1n) is 5.94. The molecule has 0 heterocycles. The summed E-state index contributed by atoms with van der Waals surface area (Å²) in [7, 11) is 1.54. The molecule has 0 atom stereocenters. The van der Waals surface area contributed by atoms with Crippen LogP contribution in [0.1, 0.15) is 23.7 Å². The Hall–Kier alpha value is -1.07. The predicted molar refractivity (Wildman–Crippen MR) is 79.4 cm³/mol. The summed E-state index contributed by atoms with van der Waals surface area (Å²) in [5.74, 6) is -0.440. The van der Waals surface area contributed by atoms with Gasteiger partial charge in [0.1, 0.15) is 0 Å². The molecule has 4 nitrogen and oxygen atoms in total. The van der Waals surface area contributed by atoms with Crippen LogP contribution in [0.5, 0.6) is 0 Å². The van der Waals surface area contributed by atoms with E-state index >= 15 is 0 Å². The van der Waals surface area contributed by atoms with Crippen LogP contribution in [0.4, 0.5) is 0 Å². The van der Waals surface area contributed by atoms with Gasteiger partial charge >= 0.3 is 0 Å². The van der Waals surface area contributed by atoms with Gasteiger partial charge in [0.2, 0.25) is 5.91 Å². The third-order valence-corrected chi connectivity index (χ3v) is 3.38. The quantitative estimate of drug-likeness (QED) is 0.890. The van der Waals surface area contributed by atoms with Gasteiger partial charge in [0.15, 0.2) is 0 Å². The molecule has 0 unspecified atom stereocenters. The van der Waals surface area contributed by atoms with E-state index in [9.17, 15) is 9.59 Å². The molecule has 104 valence electrons. The van der Waals surface area contributed by atoms with Gasteiger partial charge in [-0.15, -0.1) is 0 Å². The summed E-state index contributed by atoms with van der Waals surface area (Å²) >= 11 is 9.35. The molecule has 0 bridgehead atoms. The van der Waals surface area contributed by atoms with Crippen LogP contribution in [0, 0.1) is 0 Å². The normalized spacial score (nSPS) is 10.1. The molecule has 1 rings (SSSR count). The van der Waals surface area contributed by atoms with E-state index < -0.39 is 0 Å². The standard InChI is InChI=1S/C13H16BrClN2O2/c1-3-6-17(8-12(18)16-2)13(19)10-7-9(14)4-5-11(10)15/h4-5,7H,3,6,8H2,1-2H3,(H,16,18). The zero-order valence-electron chi connectivity index (χ0n) is 10.9. The van der Waals surface area contributed by atoms with Crippen molar-refractivity contribution < 1.29 is 9.59 Å². The monoisotopic (exact) mass is 346 g/mol. The Kier molecular flexibility index (Phi) is 6.31. The Bertz CT molecular complexity index is 480. The van der Waals surface area contributed by atoms with Crippen LogP contribution in [0.2, 0.25) is 5.02 Å². The van der Waals surface area contributed by atoms with Crippen LogP contribution in [0.25, 0.3) is 0 Å². The Morgan fingerprint density at radius 3 is 2.68 bits per heavy atom. The maximum atomic E-state index is 12.4. The van der Waals surface area contributed by atoms with Crippen molar-refractivity contribution in [3.63, 3.8) is 0 Å². The highest BCUT2D eigenvalue weighted by Crippen LogP contribution is 2.22.